The van der Waals surface area contributed by atoms with E-state index in [1.54, 1.807) is 6.07 Å². The Morgan fingerprint density at radius 2 is 1.93 bits per heavy atom. The summed E-state index contributed by atoms with van der Waals surface area (Å²) in [5.41, 5.74) is -0.793. The third-order valence-corrected chi connectivity index (χ3v) is 3.32. The van der Waals surface area contributed by atoms with Crippen LogP contribution in [0.5, 0.6) is 17.4 Å². The molecule has 0 bridgehead atoms. The normalized spacial score (nSPS) is 10.8. The second-order valence-electron chi connectivity index (χ2n) is 4.89. The molecule has 1 aromatic carbocycles. The van der Waals surface area contributed by atoms with Gasteiger partial charge in [-0.05, 0) is 18.2 Å². The summed E-state index contributed by atoms with van der Waals surface area (Å²) in [4.78, 5) is 0. The number of nitriles is 1. The summed E-state index contributed by atoms with van der Waals surface area (Å²) in [5, 5.41) is 14.4. The van der Waals surface area contributed by atoms with E-state index in [9.17, 15) is 18.4 Å². The Balaban J connectivity index is 1.85. The standard InChI is InChI=1S/C16H12Cl2F3N3O3/c17-14(18)3-4-25-11-1-2-12(10(7-11)9-22)26-5-6-27-15-8-13(23-24-15)16(19,20)21/h1-3,7-8H,4-6H2,(H,23,24). The van der Waals surface area contributed by atoms with Crippen LogP contribution in [0.15, 0.2) is 34.8 Å². The average molecular weight is 422 g/mol. The molecule has 11 heteroatoms. The fourth-order valence-corrected chi connectivity index (χ4v) is 1.96. The second kappa shape index (κ2) is 9.39. The molecule has 1 N–H and O–H groups in total. The monoisotopic (exact) mass is 421 g/mol. The Bertz CT molecular complexity index is 843. The molecule has 1 aromatic heterocycles. The molecular weight excluding hydrogens is 410 g/mol. The third-order valence-electron chi connectivity index (χ3n) is 3.01. The Kier molecular flexibility index (Phi) is 7.21. The van der Waals surface area contributed by atoms with Crippen LogP contribution in [-0.4, -0.2) is 30.0 Å². The quantitative estimate of drug-likeness (QED) is 0.636. The zero-order chi connectivity index (χ0) is 19.9. The number of alkyl halides is 3. The van der Waals surface area contributed by atoms with Crippen LogP contribution in [-0.2, 0) is 6.18 Å². The van der Waals surface area contributed by atoms with Gasteiger partial charge in [0.1, 0.15) is 47.6 Å². The number of H-pyrrole nitrogens is 1. The second-order valence-corrected chi connectivity index (χ2v) is 5.90. The van der Waals surface area contributed by atoms with E-state index >= 15 is 0 Å². The van der Waals surface area contributed by atoms with Crippen LogP contribution >= 0.6 is 23.2 Å². The van der Waals surface area contributed by atoms with Crippen LogP contribution in [0.3, 0.4) is 0 Å². The Hall–Kier alpha value is -2.57. The SMILES string of the molecule is N#Cc1cc(OCC=C(Cl)Cl)ccc1OCCOc1cc(C(F)(F)F)[nH]n1. The number of nitrogens with one attached hydrogen (secondary N) is 1. The molecule has 0 aliphatic rings. The summed E-state index contributed by atoms with van der Waals surface area (Å²) in [7, 11) is 0. The first-order chi connectivity index (χ1) is 12.8. The highest BCUT2D eigenvalue weighted by atomic mass is 35.5. The lowest BCUT2D eigenvalue weighted by Gasteiger charge is -2.10. The molecule has 6 nitrogen and oxygen atoms in total. The van der Waals surface area contributed by atoms with E-state index < -0.39 is 11.9 Å². The largest absolute Gasteiger partial charge is 0.489 e. The van der Waals surface area contributed by atoms with Crippen molar-refractivity contribution >= 4 is 23.2 Å². The number of ether oxygens (including phenoxy) is 3. The van der Waals surface area contributed by atoms with Gasteiger partial charge < -0.3 is 14.2 Å². The summed E-state index contributed by atoms with van der Waals surface area (Å²) < 4.78 is 53.2. The molecule has 27 heavy (non-hydrogen) atoms. The zero-order valence-corrected chi connectivity index (χ0v) is 15.0. The summed E-state index contributed by atoms with van der Waals surface area (Å²) in [6, 6.07) is 7.27. The van der Waals surface area contributed by atoms with Crippen LogP contribution in [0.2, 0.25) is 0 Å². The van der Waals surface area contributed by atoms with Crippen molar-refractivity contribution in [1.82, 2.24) is 10.2 Å². The molecule has 0 aliphatic carbocycles. The third kappa shape index (κ3) is 6.58. The van der Waals surface area contributed by atoms with Crippen molar-refractivity contribution in [2.75, 3.05) is 19.8 Å². The summed E-state index contributed by atoms with van der Waals surface area (Å²) in [6.07, 6.45) is -3.09. The van der Waals surface area contributed by atoms with E-state index in [0.717, 1.165) is 6.07 Å². The minimum atomic E-state index is -4.53. The van der Waals surface area contributed by atoms with Crippen molar-refractivity contribution in [1.29, 1.82) is 5.26 Å². The van der Waals surface area contributed by atoms with Crippen molar-refractivity contribution in [3.63, 3.8) is 0 Å². The average Bonchev–Trinajstić information content (AvgIpc) is 3.08. The van der Waals surface area contributed by atoms with E-state index in [4.69, 9.17) is 37.4 Å². The van der Waals surface area contributed by atoms with Gasteiger partial charge in [0.2, 0.25) is 5.88 Å². The van der Waals surface area contributed by atoms with Crippen molar-refractivity contribution in [2.24, 2.45) is 0 Å². The Labute approximate surface area is 162 Å². The van der Waals surface area contributed by atoms with E-state index in [-0.39, 0.29) is 41.5 Å². The van der Waals surface area contributed by atoms with Crippen LogP contribution in [0.1, 0.15) is 11.3 Å². The lowest BCUT2D eigenvalue weighted by atomic mass is 10.2. The van der Waals surface area contributed by atoms with Gasteiger partial charge in [-0.3, -0.25) is 5.10 Å². The smallest absolute Gasteiger partial charge is 0.432 e. The number of aromatic nitrogens is 2. The predicted octanol–water partition coefficient (Wildman–Crippen LogP) is 4.46. The topological polar surface area (TPSA) is 80.2 Å². The van der Waals surface area contributed by atoms with Gasteiger partial charge >= 0.3 is 6.18 Å². The highest BCUT2D eigenvalue weighted by Crippen LogP contribution is 2.29. The lowest BCUT2D eigenvalue weighted by molar-refractivity contribution is -0.141. The number of nitrogens with zero attached hydrogens (tertiary/aromatic N) is 2. The number of rotatable bonds is 8. The first-order valence-corrected chi connectivity index (χ1v) is 8.11. The van der Waals surface area contributed by atoms with Gasteiger partial charge in [-0.25, -0.2) is 0 Å². The zero-order valence-electron chi connectivity index (χ0n) is 13.5. The van der Waals surface area contributed by atoms with E-state index in [2.05, 4.69) is 5.10 Å². The summed E-state index contributed by atoms with van der Waals surface area (Å²) in [5.74, 6) is 0.482. The van der Waals surface area contributed by atoms with Crippen LogP contribution in [0, 0.1) is 11.3 Å². The molecule has 0 spiro atoms. The van der Waals surface area contributed by atoms with Gasteiger partial charge in [0.25, 0.3) is 0 Å². The molecular formula is C16H12Cl2F3N3O3. The Morgan fingerprint density at radius 1 is 1.19 bits per heavy atom. The van der Waals surface area contributed by atoms with Crippen molar-refractivity contribution < 1.29 is 27.4 Å². The molecule has 0 radical (unpaired) electrons. The van der Waals surface area contributed by atoms with Gasteiger partial charge in [-0.15, -0.1) is 5.10 Å². The van der Waals surface area contributed by atoms with Gasteiger partial charge in [0, 0.05) is 12.1 Å². The molecule has 2 rings (SSSR count). The lowest BCUT2D eigenvalue weighted by Crippen LogP contribution is -2.10. The van der Waals surface area contributed by atoms with E-state index in [1.807, 2.05) is 11.2 Å². The highest BCUT2D eigenvalue weighted by Gasteiger charge is 2.33. The fraction of sp³-hybridized carbons (Fsp3) is 0.250. The number of aromatic amines is 1. The van der Waals surface area contributed by atoms with Crippen LogP contribution in [0.25, 0.3) is 0 Å². The molecule has 0 fully saturated rings. The molecule has 2 aromatic rings. The van der Waals surface area contributed by atoms with Crippen LogP contribution in [0.4, 0.5) is 13.2 Å². The number of halogens is 5. The molecule has 1 heterocycles. The molecule has 0 unspecified atom stereocenters. The molecule has 0 atom stereocenters. The molecule has 0 aliphatic heterocycles. The van der Waals surface area contributed by atoms with Gasteiger partial charge in [0.05, 0.1) is 5.56 Å². The van der Waals surface area contributed by atoms with Crippen LogP contribution < -0.4 is 14.2 Å². The number of benzene rings is 1. The van der Waals surface area contributed by atoms with E-state index in [1.165, 1.54) is 18.2 Å². The minimum absolute atomic E-state index is 0.00626. The minimum Gasteiger partial charge on any atom is -0.489 e. The molecule has 0 amide bonds. The molecule has 144 valence electrons. The highest BCUT2D eigenvalue weighted by molar-refractivity contribution is 6.55. The van der Waals surface area contributed by atoms with Gasteiger partial charge in [0.15, 0.2) is 0 Å². The Morgan fingerprint density at radius 3 is 2.56 bits per heavy atom. The van der Waals surface area contributed by atoms with Gasteiger partial charge in [-0.2, -0.15) is 18.4 Å². The van der Waals surface area contributed by atoms with Crippen molar-refractivity contribution in [3.05, 3.63) is 46.1 Å². The predicted molar refractivity (Wildman–Crippen MR) is 91.0 cm³/mol. The molecule has 0 saturated heterocycles. The number of hydrogen-bond donors (Lipinski definition) is 1. The fourth-order valence-electron chi connectivity index (χ4n) is 1.83. The van der Waals surface area contributed by atoms with Crippen molar-refractivity contribution in [2.45, 2.75) is 6.18 Å². The maximum Gasteiger partial charge on any atom is 0.432 e. The first kappa shape index (κ1) is 20.7. The summed E-state index contributed by atoms with van der Waals surface area (Å²) >= 11 is 10.9. The first-order valence-electron chi connectivity index (χ1n) is 7.36. The maximum atomic E-state index is 12.4. The van der Waals surface area contributed by atoms with Crippen molar-refractivity contribution in [3.8, 4) is 23.4 Å². The van der Waals surface area contributed by atoms with Gasteiger partial charge in [-0.1, -0.05) is 23.2 Å². The maximum absolute atomic E-state index is 12.4. The van der Waals surface area contributed by atoms with E-state index in [0.29, 0.717) is 5.75 Å². The number of hydrogen-bond acceptors (Lipinski definition) is 5. The summed E-state index contributed by atoms with van der Waals surface area (Å²) in [6.45, 7) is 0.0583. The molecule has 0 saturated carbocycles.